The third-order valence-electron chi connectivity index (χ3n) is 4.06. The second-order valence-corrected chi connectivity index (χ2v) is 6.50. The summed E-state index contributed by atoms with van der Waals surface area (Å²) in [4.78, 5) is 14.1. The van der Waals surface area contributed by atoms with Crippen LogP contribution in [0.15, 0.2) is 22.7 Å². The van der Waals surface area contributed by atoms with Gasteiger partial charge >= 0.3 is 0 Å². The molecule has 100 valence electrons. The summed E-state index contributed by atoms with van der Waals surface area (Å²) in [5, 5.41) is 5.22. The molecule has 0 amide bonds. The zero-order valence-electron chi connectivity index (χ0n) is 11.2. The number of hydrogen-bond acceptors (Lipinski definition) is 4. The molecule has 1 aliphatic rings. The number of nitrogens with zero attached hydrogens (tertiary/aromatic N) is 2. The van der Waals surface area contributed by atoms with Gasteiger partial charge in [0.15, 0.2) is 0 Å². The monoisotopic (exact) mass is 266 g/mol. The van der Waals surface area contributed by atoms with Crippen LogP contribution in [0.5, 0.6) is 0 Å². The highest BCUT2D eigenvalue weighted by atomic mass is 32.1. The molecule has 0 aliphatic heterocycles. The second-order valence-electron chi connectivity index (χ2n) is 5.52. The van der Waals surface area contributed by atoms with Crippen molar-refractivity contribution in [3.63, 3.8) is 0 Å². The van der Waals surface area contributed by atoms with E-state index in [0.717, 1.165) is 18.8 Å². The van der Waals surface area contributed by atoms with E-state index in [2.05, 4.69) is 41.7 Å². The Morgan fingerprint density at radius 2 is 2.11 bits per heavy atom. The minimum Gasteiger partial charge on any atom is -0.301 e. The van der Waals surface area contributed by atoms with Gasteiger partial charge in [0, 0.05) is 10.9 Å². The number of thiophene rings is 1. The molecule has 0 saturated heterocycles. The first-order chi connectivity index (χ1) is 8.72. The molecule has 1 heterocycles. The van der Waals surface area contributed by atoms with Gasteiger partial charge in [0.2, 0.25) is 0 Å². The minimum absolute atomic E-state index is 0.512. The van der Waals surface area contributed by atoms with E-state index in [1.165, 1.54) is 17.7 Å². The van der Waals surface area contributed by atoms with E-state index in [-0.39, 0.29) is 0 Å². The molecule has 0 aromatic carbocycles. The maximum absolute atomic E-state index is 10.3. The Morgan fingerprint density at radius 1 is 1.39 bits per heavy atom. The van der Waals surface area contributed by atoms with Gasteiger partial charge in [0.1, 0.15) is 0 Å². The summed E-state index contributed by atoms with van der Waals surface area (Å²) in [5.74, 6) is 1.26. The van der Waals surface area contributed by atoms with E-state index in [1.54, 1.807) is 0 Å². The van der Waals surface area contributed by atoms with Gasteiger partial charge < -0.3 is 4.90 Å². The molecule has 0 spiro atoms. The fourth-order valence-electron chi connectivity index (χ4n) is 3.16. The number of hydrogen-bond donors (Lipinski definition) is 0. The zero-order chi connectivity index (χ0) is 13.0. The van der Waals surface area contributed by atoms with Crippen molar-refractivity contribution in [3.8, 4) is 0 Å². The predicted molar refractivity (Wildman–Crippen MR) is 76.9 cm³/mol. The summed E-state index contributed by atoms with van der Waals surface area (Å²) < 4.78 is 0. The normalized spacial score (nSPS) is 26.2. The van der Waals surface area contributed by atoms with Gasteiger partial charge in [-0.2, -0.15) is 4.91 Å². The van der Waals surface area contributed by atoms with Crippen LogP contribution in [0, 0.1) is 16.7 Å². The van der Waals surface area contributed by atoms with Crippen molar-refractivity contribution in [2.45, 2.75) is 31.7 Å². The average molecular weight is 266 g/mol. The molecule has 1 atom stereocenters. The molecule has 0 bridgehead atoms. The van der Waals surface area contributed by atoms with Gasteiger partial charge in [-0.05, 0) is 63.1 Å². The van der Waals surface area contributed by atoms with Gasteiger partial charge in [-0.3, -0.25) is 0 Å². The Hall–Kier alpha value is -0.740. The van der Waals surface area contributed by atoms with Crippen molar-refractivity contribution in [2.24, 2.45) is 17.0 Å². The first kappa shape index (κ1) is 13.7. The lowest BCUT2D eigenvalue weighted by Crippen LogP contribution is -2.30. The summed E-state index contributed by atoms with van der Waals surface area (Å²) in [6.45, 7) is 0.512. The molecule has 0 N–H and O–H groups in total. The van der Waals surface area contributed by atoms with E-state index in [1.807, 2.05) is 11.3 Å². The Balaban J connectivity index is 1.99. The highest BCUT2D eigenvalue weighted by Gasteiger charge is 2.30. The van der Waals surface area contributed by atoms with Crippen LogP contribution in [-0.4, -0.2) is 25.5 Å². The van der Waals surface area contributed by atoms with Crippen LogP contribution in [0.1, 0.15) is 36.6 Å². The van der Waals surface area contributed by atoms with E-state index in [9.17, 15) is 4.91 Å². The topological polar surface area (TPSA) is 32.7 Å². The van der Waals surface area contributed by atoms with E-state index in [0.29, 0.717) is 18.5 Å². The maximum Gasteiger partial charge on any atom is 0.0839 e. The summed E-state index contributed by atoms with van der Waals surface area (Å²) in [5.41, 5.74) is 0. The highest BCUT2D eigenvalue weighted by Crippen LogP contribution is 2.40. The number of rotatable bonds is 5. The SMILES string of the molecule is CN(C)C(c1cccs1)C1CCC(CN=O)CC1. The first-order valence-corrected chi connectivity index (χ1v) is 7.59. The molecule has 0 radical (unpaired) electrons. The third kappa shape index (κ3) is 3.18. The van der Waals surface area contributed by atoms with E-state index < -0.39 is 0 Å². The van der Waals surface area contributed by atoms with Crippen LogP contribution in [0.25, 0.3) is 0 Å². The Bertz CT molecular complexity index is 356. The third-order valence-corrected chi connectivity index (χ3v) is 5.00. The van der Waals surface area contributed by atoms with Crippen molar-refractivity contribution in [1.29, 1.82) is 0 Å². The molecule has 1 aromatic rings. The molecule has 4 heteroatoms. The molecule has 1 saturated carbocycles. The van der Waals surface area contributed by atoms with Gasteiger partial charge in [-0.15, -0.1) is 11.3 Å². The fraction of sp³-hybridized carbons (Fsp3) is 0.714. The highest BCUT2D eigenvalue weighted by molar-refractivity contribution is 7.10. The molecule has 1 unspecified atom stereocenters. The number of nitroso groups, excluding NO2 is 1. The first-order valence-electron chi connectivity index (χ1n) is 6.71. The van der Waals surface area contributed by atoms with Crippen LogP contribution in [0.2, 0.25) is 0 Å². The molecule has 18 heavy (non-hydrogen) atoms. The summed E-state index contributed by atoms with van der Waals surface area (Å²) in [6, 6.07) is 4.92. The van der Waals surface area contributed by atoms with Gasteiger partial charge in [-0.1, -0.05) is 11.2 Å². The van der Waals surface area contributed by atoms with Crippen molar-refractivity contribution in [2.75, 3.05) is 20.6 Å². The molecular formula is C14H22N2OS. The van der Waals surface area contributed by atoms with Crippen LogP contribution < -0.4 is 0 Å². The van der Waals surface area contributed by atoms with Gasteiger partial charge in [0.25, 0.3) is 0 Å². The maximum atomic E-state index is 10.3. The van der Waals surface area contributed by atoms with E-state index in [4.69, 9.17) is 0 Å². The Kier molecular flexibility index (Phi) is 4.89. The summed E-state index contributed by atoms with van der Waals surface area (Å²) >= 11 is 1.85. The van der Waals surface area contributed by atoms with E-state index >= 15 is 0 Å². The molecule has 1 aliphatic carbocycles. The Morgan fingerprint density at radius 3 is 2.61 bits per heavy atom. The molecule has 3 nitrogen and oxygen atoms in total. The largest absolute Gasteiger partial charge is 0.301 e. The average Bonchev–Trinajstić information content (AvgIpc) is 2.85. The predicted octanol–water partition coefficient (Wildman–Crippen LogP) is 3.92. The minimum atomic E-state index is 0.512. The van der Waals surface area contributed by atoms with Crippen molar-refractivity contribution < 1.29 is 0 Å². The lowest BCUT2D eigenvalue weighted by Gasteiger charge is -2.36. The fourth-order valence-corrected chi connectivity index (χ4v) is 4.17. The molecule has 1 aromatic heterocycles. The zero-order valence-corrected chi connectivity index (χ0v) is 12.0. The van der Waals surface area contributed by atoms with Crippen LogP contribution in [-0.2, 0) is 0 Å². The molecular weight excluding hydrogens is 244 g/mol. The quantitative estimate of drug-likeness (QED) is 0.757. The van der Waals surface area contributed by atoms with Gasteiger partial charge in [0.05, 0.1) is 6.54 Å². The Labute approximate surface area is 113 Å². The lowest BCUT2D eigenvalue weighted by atomic mass is 9.78. The van der Waals surface area contributed by atoms with Crippen LogP contribution in [0.3, 0.4) is 0 Å². The van der Waals surface area contributed by atoms with Crippen molar-refractivity contribution in [1.82, 2.24) is 4.90 Å². The summed E-state index contributed by atoms with van der Waals surface area (Å²) in [6.07, 6.45) is 4.76. The second kappa shape index (κ2) is 6.43. The van der Waals surface area contributed by atoms with Crippen molar-refractivity contribution >= 4 is 11.3 Å². The summed E-state index contributed by atoms with van der Waals surface area (Å²) in [7, 11) is 4.34. The standard InChI is InChI=1S/C14H22N2OS/c1-16(2)14(13-4-3-9-18-13)12-7-5-11(6-8-12)10-15-17/h3-4,9,11-12,14H,5-8,10H2,1-2H3. The lowest BCUT2D eigenvalue weighted by molar-refractivity contribution is 0.153. The van der Waals surface area contributed by atoms with Gasteiger partial charge in [-0.25, -0.2) is 0 Å². The molecule has 2 rings (SSSR count). The van der Waals surface area contributed by atoms with Crippen LogP contribution in [0.4, 0.5) is 0 Å². The molecule has 1 fully saturated rings. The smallest absolute Gasteiger partial charge is 0.0839 e. The van der Waals surface area contributed by atoms with Crippen LogP contribution >= 0.6 is 11.3 Å². The van der Waals surface area contributed by atoms with Crippen molar-refractivity contribution in [3.05, 3.63) is 27.3 Å².